The Hall–Kier alpha value is -1.27. The van der Waals surface area contributed by atoms with E-state index in [2.05, 4.69) is 30.5 Å². The summed E-state index contributed by atoms with van der Waals surface area (Å²) < 4.78 is 4.33. The van der Waals surface area contributed by atoms with Crippen molar-refractivity contribution in [2.45, 2.75) is 0 Å². The number of carbonyl (C=O) groups excluding carboxylic acids is 1. The smallest absolute Gasteiger partial charge is 0.341 e. The Morgan fingerprint density at radius 3 is 2.14 bits per heavy atom. The van der Waals surface area contributed by atoms with Crippen LogP contribution >= 0.6 is 12.6 Å². The van der Waals surface area contributed by atoms with Crippen molar-refractivity contribution in [2.24, 2.45) is 0 Å². The Morgan fingerprint density at radius 1 is 1.50 bits per heavy atom. The van der Waals surface area contributed by atoms with Crippen LogP contribution in [0.2, 0.25) is 0 Å². The van der Waals surface area contributed by atoms with Gasteiger partial charge in [-0.25, -0.2) is 9.59 Å². The highest BCUT2D eigenvalue weighted by molar-refractivity contribution is 7.85. The van der Waals surface area contributed by atoms with Gasteiger partial charge in [-0.3, -0.25) is 0 Å². The van der Waals surface area contributed by atoms with Crippen molar-refractivity contribution < 1.29 is 24.5 Å². The lowest BCUT2D eigenvalue weighted by molar-refractivity contribution is -0.138. The number of thiol groups is 1. The molecule has 0 aromatic heterocycles. The highest BCUT2D eigenvalue weighted by Crippen LogP contribution is 1.91. The molecule has 0 rings (SSSR count). The minimum absolute atomic E-state index is 0.0465. The molecule has 0 saturated carbocycles. The molecular formula is C8H12O5S. The van der Waals surface area contributed by atoms with E-state index in [-0.39, 0.29) is 18.1 Å². The number of ether oxygens (including phenoxy) is 1. The average Bonchev–Trinajstić information content (AvgIpc) is 2.14. The SMILES string of the molecule is C=C(S)C(=O)O.C=CC(=O)OCCO. The number of hydrogen-bond acceptors (Lipinski definition) is 5. The molecule has 0 bridgehead atoms. The van der Waals surface area contributed by atoms with Gasteiger partial charge in [0, 0.05) is 6.08 Å². The summed E-state index contributed by atoms with van der Waals surface area (Å²) in [6.45, 7) is 6.08. The van der Waals surface area contributed by atoms with Crippen LogP contribution in [0.25, 0.3) is 0 Å². The molecule has 0 atom stereocenters. The highest BCUT2D eigenvalue weighted by Gasteiger charge is 1.91. The standard InChI is InChI=1S/C5H8O3.C3H4O2S/c1-2-5(7)8-4-3-6;1-2(6)3(4)5/h2,6H,1,3-4H2;6H,1H2,(H,4,5). The number of carboxylic acid groups (broad SMARTS) is 1. The van der Waals surface area contributed by atoms with E-state index in [1.807, 2.05) is 0 Å². The van der Waals surface area contributed by atoms with Crippen LogP contribution in [0.3, 0.4) is 0 Å². The van der Waals surface area contributed by atoms with Gasteiger partial charge in [-0.15, -0.1) is 12.6 Å². The van der Waals surface area contributed by atoms with Gasteiger partial charge in [-0.2, -0.15) is 0 Å². The number of hydrogen-bond donors (Lipinski definition) is 3. The number of carbonyl (C=O) groups is 2. The van der Waals surface area contributed by atoms with Gasteiger partial charge < -0.3 is 14.9 Å². The summed E-state index contributed by atoms with van der Waals surface area (Å²) in [6, 6.07) is 0. The molecule has 0 aliphatic heterocycles. The van der Waals surface area contributed by atoms with Gasteiger partial charge in [-0.1, -0.05) is 13.2 Å². The zero-order chi connectivity index (χ0) is 11.6. The van der Waals surface area contributed by atoms with Crippen LogP contribution in [0, 0.1) is 0 Å². The lowest BCUT2D eigenvalue weighted by Crippen LogP contribution is -2.04. The van der Waals surface area contributed by atoms with Gasteiger partial charge >= 0.3 is 11.9 Å². The number of rotatable bonds is 4. The van der Waals surface area contributed by atoms with E-state index in [0.29, 0.717) is 0 Å². The maximum Gasteiger partial charge on any atom is 0.341 e. The predicted octanol–water partition coefficient (Wildman–Crippen LogP) is 0.222. The summed E-state index contributed by atoms with van der Waals surface area (Å²) >= 11 is 3.40. The van der Waals surface area contributed by atoms with Crippen LogP contribution in [0.5, 0.6) is 0 Å². The van der Waals surface area contributed by atoms with Crippen molar-refractivity contribution in [3.8, 4) is 0 Å². The lowest BCUT2D eigenvalue weighted by atomic mass is 10.6. The van der Waals surface area contributed by atoms with Crippen LogP contribution in [-0.4, -0.2) is 35.4 Å². The molecule has 0 unspecified atom stereocenters. The lowest BCUT2D eigenvalue weighted by Gasteiger charge is -1.94. The summed E-state index contributed by atoms with van der Waals surface area (Å²) in [5.74, 6) is -1.57. The van der Waals surface area contributed by atoms with Gasteiger partial charge in [0.15, 0.2) is 0 Å². The van der Waals surface area contributed by atoms with Crippen LogP contribution in [0.4, 0.5) is 0 Å². The summed E-state index contributed by atoms with van der Waals surface area (Å²) in [6.07, 6.45) is 1.05. The molecule has 0 fully saturated rings. The molecule has 0 aromatic carbocycles. The van der Waals surface area contributed by atoms with Crippen molar-refractivity contribution in [1.29, 1.82) is 0 Å². The predicted molar refractivity (Wildman–Crippen MR) is 54.0 cm³/mol. The fourth-order valence-electron chi connectivity index (χ4n) is 0.205. The monoisotopic (exact) mass is 220 g/mol. The summed E-state index contributed by atoms with van der Waals surface area (Å²) in [7, 11) is 0. The minimum Gasteiger partial charge on any atom is -0.477 e. The molecule has 0 aromatic rings. The molecule has 0 saturated heterocycles. The van der Waals surface area contributed by atoms with Gasteiger partial charge in [0.1, 0.15) is 6.61 Å². The van der Waals surface area contributed by atoms with Crippen molar-refractivity contribution in [3.05, 3.63) is 24.1 Å². The second-order valence-electron chi connectivity index (χ2n) is 1.85. The molecule has 0 radical (unpaired) electrons. The molecular weight excluding hydrogens is 208 g/mol. The fraction of sp³-hybridized carbons (Fsp3) is 0.250. The maximum atomic E-state index is 10.1. The van der Waals surface area contributed by atoms with Crippen molar-refractivity contribution >= 4 is 24.6 Å². The molecule has 6 heteroatoms. The Balaban J connectivity index is 0. The number of aliphatic carboxylic acids is 1. The zero-order valence-electron chi connectivity index (χ0n) is 7.47. The van der Waals surface area contributed by atoms with Crippen molar-refractivity contribution in [1.82, 2.24) is 0 Å². The van der Waals surface area contributed by atoms with E-state index in [4.69, 9.17) is 10.2 Å². The summed E-state index contributed by atoms with van der Waals surface area (Å²) in [5, 5.41) is 15.9. The van der Waals surface area contributed by atoms with E-state index in [1.165, 1.54) is 0 Å². The van der Waals surface area contributed by atoms with E-state index < -0.39 is 11.9 Å². The third-order valence-corrected chi connectivity index (χ3v) is 0.940. The molecule has 14 heavy (non-hydrogen) atoms. The quantitative estimate of drug-likeness (QED) is 0.358. The molecule has 0 amide bonds. The van der Waals surface area contributed by atoms with Crippen LogP contribution in [0.1, 0.15) is 0 Å². The number of aliphatic hydroxyl groups excluding tert-OH is 1. The largest absolute Gasteiger partial charge is 0.477 e. The van der Waals surface area contributed by atoms with Gasteiger partial charge in [0.25, 0.3) is 0 Å². The maximum absolute atomic E-state index is 10.1. The number of esters is 1. The van der Waals surface area contributed by atoms with E-state index in [0.717, 1.165) is 6.08 Å². The first kappa shape index (κ1) is 15.2. The molecule has 0 spiro atoms. The molecule has 2 N–H and O–H groups in total. The zero-order valence-corrected chi connectivity index (χ0v) is 8.37. The van der Waals surface area contributed by atoms with Crippen LogP contribution < -0.4 is 0 Å². The summed E-state index contributed by atoms with van der Waals surface area (Å²) in [4.78, 5) is 19.5. The van der Waals surface area contributed by atoms with Crippen molar-refractivity contribution in [3.63, 3.8) is 0 Å². The van der Waals surface area contributed by atoms with Gasteiger partial charge in [0.05, 0.1) is 11.5 Å². The number of carboxylic acids is 1. The Morgan fingerprint density at radius 2 is 1.93 bits per heavy atom. The molecule has 0 aliphatic carbocycles. The minimum atomic E-state index is -1.07. The second-order valence-corrected chi connectivity index (χ2v) is 2.39. The van der Waals surface area contributed by atoms with Crippen LogP contribution in [0.15, 0.2) is 24.1 Å². The molecule has 0 heterocycles. The Bertz CT molecular complexity index is 212. The third-order valence-electron chi connectivity index (χ3n) is 0.749. The first-order valence-electron chi connectivity index (χ1n) is 3.46. The highest BCUT2D eigenvalue weighted by atomic mass is 32.1. The topological polar surface area (TPSA) is 83.8 Å². The summed E-state index contributed by atoms with van der Waals surface area (Å²) in [5.41, 5.74) is 0. The van der Waals surface area contributed by atoms with E-state index >= 15 is 0 Å². The first-order valence-corrected chi connectivity index (χ1v) is 3.91. The third kappa shape index (κ3) is 13.3. The van der Waals surface area contributed by atoms with Crippen molar-refractivity contribution in [2.75, 3.05) is 13.2 Å². The van der Waals surface area contributed by atoms with Gasteiger partial charge in [0.2, 0.25) is 0 Å². The van der Waals surface area contributed by atoms with E-state index in [1.54, 1.807) is 0 Å². The first-order chi connectivity index (χ1) is 6.45. The van der Waals surface area contributed by atoms with Crippen LogP contribution in [-0.2, 0) is 14.3 Å². The normalized spacial score (nSPS) is 7.86. The Kier molecular flexibility index (Phi) is 10.7. The molecule has 80 valence electrons. The average molecular weight is 220 g/mol. The molecule has 0 aliphatic rings. The second kappa shape index (κ2) is 9.82. The fourth-order valence-corrected chi connectivity index (χ4v) is 0.205. The van der Waals surface area contributed by atoms with Gasteiger partial charge in [-0.05, 0) is 0 Å². The molecule has 5 nitrogen and oxygen atoms in total. The van der Waals surface area contributed by atoms with E-state index in [9.17, 15) is 9.59 Å². The Labute approximate surface area is 87.1 Å². The number of aliphatic hydroxyl groups is 1.